The Labute approximate surface area is 187 Å². The quantitative estimate of drug-likeness (QED) is 0.616. The molecule has 174 valence electrons. The van der Waals surface area contributed by atoms with Crippen molar-refractivity contribution < 1.29 is 27.2 Å². The van der Waals surface area contributed by atoms with Crippen LogP contribution in [0.2, 0.25) is 0 Å². The molecule has 0 aliphatic carbocycles. The van der Waals surface area contributed by atoms with Crippen molar-refractivity contribution in [2.24, 2.45) is 0 Å². The van der Waals surface area contributed by atoms with Crippen molar-refractivity contribution in [1.82, 2.24) is 19.9 Å². The zero-order valence-corrected chi connectivity index (χ0v) is 17.8. The lowest BCUT2D eigenvalue weighted by molar-refractivity contribution is -0.137. The number of carbonyl (C=O) groups is 1. The van der Waals surface area contributed by atoms with Crippen LogP contribution in [0.4, 0.5) is 23.7 Å². The number of alkyl halides is 3. The molecule has 1 fully saturated rings. The molecule has 3 aromatic rings. The number of ether oxygens (including phenoxy) is 1. The number of anilines is 1. The molecule has 0 unspecified atom stereocenters. The monoisotopic (exact) mass is 461 g/mol. The highest BCUT2D eigenvalue weighted by atomic mass is 19.4. The second kappa shape index (κ2) is 9.49. The number of nitrogens with one attached hydrogen (secondary N) is 1. The van der Waals surface area contributed by atoms with Gasteiger partial charge in [0.1, 0.15) is 5.75 Å². The van der Waals surface area contributed by atoms with Crippen LogP contribution in [0.25, 0.3) is 11.5 Å². The van der Waals surface area contributed by atoms with Crippen LogP contribution < -0.4 is 10.1 Å². The molecule has 1 aliphatic rings. The van der Waals surface area contributed by atoms with E-state index in [1.165, 1.54) is 12.1 Å². The summed E-state index contributed by atoms with van der Waals surface area (Å²) in [7, 11) is 1.55. The first-order valence-electron chi connectivity index (χ1n) is 10.2. The van der Waals surface area contributed by atoms with E-state index in [2.05, 4.69) is 20.4 Å². The maximum atomic E-state index is 12.7. The minimum absolute atomic E-state index is 0.161. The number of urea groups is 1. The number of hydrogen-bond donors (Lipinski definition) is 1. The van der Waals surface area contributed by atoms with Crippen LogP contribution in [0, 0.1) is 0 Å². The Bertz CT molecular complexity index is 1090. The number of nitrogens with zero attached hydrogens (tertiary/aromatic N) is 4. The smallest absolute Gasteiger partial charge is 0.416 e. The Morgan fingerprint density at radius 2 is 1.79 bits per heavy atom. The van der Waals surface area contributed by atoms with E-state index >= 15 is 0 Å². The van der Waals surface area contributed by atoms with Gasteiger partial charge in [0.15, 0.2) is 5.82 Å². The second-order valence-corrected chi connectivity index (χ2v) is 7.48. The van der Waals surface area contributed by atoms with Gasteiger partial charge in [-0.25, -0.2) is 4.79 Å². The Morgan fingerprint density at radius 3 is 2.45 bits per heavy atom. The van der Waals surface area contributed by atoms with E-state index in [4.69, 9.17) is 9.26 Å². The highest BCUT2D eigenvalue weighted by Gasteiger charge is 2.30. The molecule has 4 rings (SSSR count). The third-order valence-corrected chi connectivity index (χ3v) is 5.30. The van der Waals surface area contributed by atoms with Crippen LogP contribution in [0.1, 0.15) is 11.4 Å². The summed E-state index contributed by atoms with van der Waals surface area (Å²) in [5.74, 6) is 1.18. The molecule has 0 atom stereocenters. The fourth-order valence-electron chi connectivity index (χ4n) is 3.49. The maximum Gasteiger partial charge on any atom is 0.416 e. The highest BCUT2D eigenvalue weighted by molar-refractivity contribution is 5.91. The topological polar surface area (TPSA) is 83.7 Å². The molecule has 1 aromatic heterocycles. The summed E-state index contributed by atoms with van der Waals surface area (Å²) in [6.07, 6.45) is -4.40. The molecule has 11 heteroatoms. The molecule has 0 saturated carbocycles. The third-order valence-electron chi connectivity index (χ3n) is 5.30. The lowest BCUT2D eigenvalue weighted by atomic mass is 10.1. The Hall–Kier alpha value is -3.60. The predicted molar refractivity (Wildman–Crippen MR) is 114 cm³/mol. The van der Waals surface area contributed by atoms with E-state index in [1.54, 1.807) is 24.1 Å². The van der Waals surface area contributed by atoms with Crippen LogP contribution in [-0.4, -0.2) is 59.3 Å². The molecular formula is C22H22F3N5O3. The van der Waals surface area contributed by atoms with Gasteiger partial charge in [-0.1, -0.05) is 17.3 Å². The average Bonchev–Trinajstić information content (AvgIpc) is 3.28. The van der Waals surface area contributed by atoms with Crippen LogP contribution >= 0.6 is 0 Å². The lowest BCUT2D eigenvalue weighted by Crippen LogP contribution is -2.49. The minimum Gasteiger partial charge on any atom is -0.495 e. The van der Waals surface area contributed by atoms with Gasteiger partial charge in [-0.3, -0.25) is 4.90 Å². The molecule has 2 amide bonds. The van der Waals surface area contributed by atoms with E-state index in [-0.39, 0.29) is 11.9 Å². The van der Waals surface area contributed by atoms with Gasteiger partial charge in [0.2, 0.25) is 0 Å². The normalized spacial score (nSPS) is 14.8. The highest BCUT2D eigenvalue weighted by Crippen LogP contribution is 2.30. The van der Waals surface area contributed by atoms with Crippen LogP contribution in [-0.2, 0) is 12.7 Å². The molecule has 1 aliphatic heterocycles. The molecular weight excluding hydrogens is 439 g/mol. The van der Waals surface area contributed by atoms with Crippen LogP contribution in [0.3, 0.4) is 0 Å². The zero-order valence-electron chi connectivity index (χ0n) is 17.8. The molecule has 2 aromatic carbocycles. The summed E-state index contributed by atoms with van der Waals surface area (Å²) in [6.45, 7) is 2.67. The Kier molecular flexibility index (Phi) is 6.50. The van der Waals surface area contributed by atoms with E-state index in [0.29, 0.717) is 55.5 Å². The molecule has 1 saturated heterocycles. The molecule has 0 radical (unpaired) electrons. The fourth-order valence-corrected chi connectivity index (χ4v) is 3.49. The number of methoxy groups -OCH3 is 1. The van der Waals surface area contributed by atoms with Gasteiger partial charge in [-0.2, -0.15) is 18.2 Å². The van der Waals surface area contributed by atoms with Gasteiger partial charge in [0.05, 0.1) is 24.9 Å². The molecule has 1 N–H and O–H groups in total. The molecule has 8 nitrogen and oxygen atoms in total. The standard InChI is InChI=1S/C22H22F3N5O3/c1-32-18-5-3-2-4-17(18)26-21(31)30-12-10-29(11-13-30)14-19-27-20(33-28-19)15-6-8-16(9-7-15)22(23,24)25/h2-9H,10-14H2,1H3,(H,26,31). The van der Waals surface area contributed by atoms with Gasteiger partial charge in [-0.15, -0.1) is 0 Å². The number of amides is 2. The van der Waals surface area contributed by atoms with Crippen molar-refractivity contribution >= 4 is 11.7 Å². The van der Waals surface area contributed by atoms with Crippen molar-refractivity contribution in [2.75, 3.05) is 38.6 Å². The summed E-state index contributed by atoms with van der Waals surface area (Å²) < 4.78 is 48.6. The summed E-state index contributed by atoms with van der Waals surface area (Å²) >= 11 is 0. The van der Waals surface area contributed by atoms with E-state index in [9.17, 15) is 18.0 Å². The summed E-state index contributed by atoms with van der Waals surface area (Å²) in [5.41, 5.74) is 0.285. The Balaban J connectivity index is 1.30. The lowest BCUT2D eigenvalue weighted by Gasteiger charge is -2.34. The second-order valence-electron chi connectivity index (χ2n) is 7.48. The molecule has 0 spiro atoms. The van der Waals surface area contributed by atoms with E-state index in [0.717, 1.165) is 12.1 Å². The van der Waals surface area contributed by atoms with Gasteiger partial charge in [-0.05, 0) is 36.4 Å². The van der Waals surface area contributed by atoms with Gasteiger partial charge in [0.25, 0.3) is 5.89 Å². The molecule has 2 heterocycles. The van der Waals surface area contributed by atoms with E-state index < -0.39 is 11.7 Å². The number of hydrogen-bond acceptors (Lipinski definition) is 6. The first-order chi connectivity index (χ1) is 15.8. The van der Waals surface area contributed by atoms with Crippen molar-refractivity contribution in [2.45, 2.75) is 12.7 Å². The number of rotatable bonds is 5. The first-order valence-corrected chi connectivity index (χ1v) is 10.2. The maximum absolute atomic E-state index is 12.7. The SMILES string of the molecule is COc1ccccc1NC(=O)N1CCN(Cc2noc(-c3ccc(C(F)(F)F)cc3)n2)CC1. The summed E-state index contributed by atoms with van der Waals surface area (Å²) in [6, 6.07) is 11.6. The number of piperazine rings is 1. The van der Waals surface area contributed by atoms with Gasteiger partial charge >= 0.3 is 12.2 Å². The number of aromatic nitrogens is 2. The summed E-state index contributed by atoms with van der Waals surface area (Å²) in [4.78, 5) is 20.7. The Morgan fingerprint density at radius 1 is 1.09 bits per heavy atom. The average molecular weight is 461 g/mol. The van der Waals surface area contributed by atoms with Crippen molar-refractivity contribution in [3.05, 3.63) is 59.9 Å². The van der Waals surface area contributed by atoms with Gasteiger partial charge < -0.3 is 19.5 Å². The summed E-state index contributed by atoms with van der Waals surface area (Å²) in [5, 5.41) is 6.79. The zero-order chi connectivity index (χ0) is 23.4. The number of benzene rings is 2. The third kappa shape index (κ3) is 5.43. The minimum atomic E-state index is -4.40. The number of carbonyl (C=O) groups excluding carboxylic acids is 1. The van der Waals surface area contributed by atoms with Crippen LogP contribution in [0.15, 0.2) is 53.1 Å². The van der Waals surface area contributed by atoms with Crippen LogP contribution in [0.5, 0.6) is 5.75 Å². The predicted octanol–water partition coefficient (Wildman–Crippen LogP) is 4.11. The van der Waals surface area contributed by atoms with Crippen molar-refractivity contribution in [3.8, 4) is 17.2 Å². The first kappa shape index (κ1) is 22.6. The van der Waals surface area contributed by atoms with Crippen molar-refractivity contribution in [3.63, 3.8) is 0 Å². The van der Waals surface area contributed by atoms with Crippen molar-refractivity contribution in [1.29, 1.82) is 0 Å². The van der Waals surface area contributed by atoms with E-state index in [1.807, 2.05) is 12.1 Å². The van der Waals surface area contributed by atoms with Gasteiger partial charge in [0, 0.05) is 31.7 Å². The molecule has 33 heavy (non-hydrogen) atoms. The number of halogens is 3. The molecule has 0 bridgehead atoms. The fraction of sp³-hybridized carbons (Fsp3) is 0.318. The number of para-hydroxylation sites is 2. The largest absolute Gasteiger partial charge is 0.495 e.